The molecule has 68 valence electrons. The predicted molar refractivity (Wildman–Crippen MR) is 43.3 cm³/mol. The fourth-order valence-corrected chi connectivity index (χ4v) is 0.832. The van der Waals surface area contributed by atoms with E-state index in [2.05, 4.69) is 4.98 Å². The molecule has 4 nitrogen and oxygen atoms in total. The fraction of sp³-hybridized carbons (Fsp3) is 0.125. The summed E-state index contributed by atoms with van der Waals surface area (Å²) in [5.74, 6) is -1.96. The number of aromatic nitrogens is 1. The molecule has 1 aromatic rings. The van der Waals surface area contributed by atoms with E-state index in [1.807, 2.05) is 0 Å². The van der Waals surface area contributed by atoms with E-state index in [-0.39, 0.29) is 6.42 Å². The van der Waals surface area contributed by atoms with Crippen molar-refractivity contribution in [1.29, 1.82) is 5.41 Å². The number of nitrogens with one attached hydrogen (secondary N) is 1. The van der Waals surface area contributed by atoms with Crippen LogP contribution in [0.25, 0.3) is 0 Å². The zero-order chi connectivity index (χ0) is 9.84. The van der Waals surface area contributed by atoms with E-state index in [1.54, 1.807) is 0 Å². The summed E-state index contributed by atoms with van der Waals surface area (Å²) in [5, 5.41) is 15.4. The van der Waals surface area contributed by atoms with Crippen molar-refractivity contribution in [3.05, 3.63) is 29.8 Å². The van der Waals surface area contributed by atoms with Gasteiger partial charge in [0.2, 0.25) is 5.95 Å². The molecule has 0 aromatic carbocycles. The molecule has 1 aromatic heterocycles. The third-order valence-corrected chi connectivity index (χ3v) is 1.43. The second-order valence-corrected chi connectivity index (χ2v) is 2.45. The maximum Gasteiger partial charge on any atom is 0.349 e. The Morgan fingerprint density at radius 1 is 1.69 bits per heavy atom. The van der Waals surface area contributed by atoms with Crippen LogP contribution in [0.4, 0.5) is 4.39 Å². The zero-order valence-corrected chi connectivity index (χ0v) is 6.62. The molecular formula is C8H7FN2O2. The highest BCUT2D eigenvalue weighted by Gasteiger charge is 2.07. The van der Waals surface area contributed by atoms with E-state index >= 15 is 0 Å². The average Bonchev–Trinajstić information content (AvgIpc) is 2.04. The van der Waals surface area contributed by atoms with Crippen LogP contribution in [-0.2, 0) is 11.2 Å². The van der Waals surface area contributed by atoms with Gasteiger partial charge in [-0.25, -0.2) is 9.78 Å². The van der Waals surface area contributed by atoms with E-state index in [0.29, 0.717) is 5.56 Å². The summed E-state index contributed by atoms with van der Waals surface area (Å²) < 4.78 is 12.5. The summed E-state index contributed by atoms with van der Waals surface area (Å²) in [6, 6.07) is 2.58. The lowest BCUT2D eigenvalue weighted by molar-refractivity contribution is -0.129. The number of carboxylic acids is 1. The lowest BCUT2D eigenvalue weighted by Crippen LogP contribution is -2.14. The molecule has 1 rings (SSSR count). The van der Waals surface area contributed by atoms with Crippen molar-refractivity contribution in [2.24, 2.45) is 0 Å². The molecule has 0 radical (unpaired) electrons. The van der Waals surface area contributed by atoms with Crippen molar-refractivity contribution >= 4 is 11.7 Å². The van der Waals surface area contributed by atoms with E-state index < -0.39 is 17.6 Å². The second-order valence-electron chi connectivity index (χ2n) is 2.45. The second kappa shape index (κ2) is 3.75. The third-order valence-electron chi connectivity index (χ3n) is 1.43. The minimum Gasteiger partial charge on any atom is -0.477 e. The molecule has 0 spiro atoms. The van der Waals surface area contributed by atoms with Crippen LogP contribution in [0.15, 0.2) is 18.3 Å². The number of halogens is 1. The Morgan fingerprint density at radius 3 is 2.92 bits per heavy atom. The van der Waals surface area contributed by atoms with Crippen molar-refractivity contribution in [3.63, 3.8) is 0 Å². The Hall–Kier alpha value is -1.78. The molecule has 0 unspecified atom stereocenters. The lowest BCUT2D eigenvalue weighted by atomic mass is 10.1. The monoisotopic (exact) mass is 182 g/mol. The number of rotatable bonds is 3. The van der Waals surface area contributed by atoms with Gasteiger partial charge in [-0.1, -0.05) is 0 Å². The average molecular weight is 182 g/mol. The first kappa shape index (κ1) is 9.31. The molecule has 0 aliphatic rings. The Labute approximate surface area is 73.6 Å². The van der Waals surface area contributed by atoms with Crippen LogP contribution in [0, 0.1) is 11.4 Å². The number of hydrogen-bond donors (Lipinski definition) is 2. The van der Waals surface area contributed by atoms with Gasteiger partial charge < -0.3 is 5.11 Å². The third kappa shape index (κ3) is 2.62. The molecule has 2 N–H and O–H groups in total. The highest BCUT2D eigenvalue weighted by Crippen LogP contribution is 2.01. The molecule has 0 saturated heterocycles. The first-order chi connectivity index (χ1) is 6.09. The van der Waals surface area contributed by atoms with Gasteiger partial charge in [0.25, 0.3) is 0 Å². The van der Waals surface area contributed by atoms with Gasteiger partial charge in [-0.15, -0.1) is 0 Å². The van der Waals surface area contributed by atoms with Gasteiger partial charge in [0.1, 0.15) is 5.71 Å². The number of carbonyl (C=O) groups is 1. The molecule has 0 bridgehead atoms. The van der Waals surface area contributed by atoms with Crippen molar-refractivity contribution < 1.29 is 14.3 Å². The van der Waals surface area contributed by atoms with Gasteiger partial charge in [0.15, 0.2) is 0 Å². The largest absolute Gasteiger partial charge is 0.477 e. The van der Waals surface area contributed by atoms with Crippen molar-refractivity contribution in [2.75, 3.05) is 0 Å². The number of carboxylic acid groups (broad SMARTS) is 1. The minimum atomic E-state index is -1.29. The van der Waals surface area contributed by atoms with Gasteiger partial charge in [0, 0.05) is 12.6 Å². The van der Waals surface area contributed by atoms with Crippen LogP contribution >= 0.6 is 0 Å². The summed E-state index contributed by atoms with van der Waals surface area (Å²) in [5.41, 5.74) is -0.0366. The fourth-order valence-electron chi connectivity index (χ4n) is 0.832. The summed E-state index contributed by atoms with van der Waals surface area (Å²) >= 11 is 0. The number of aliphatic carboxylic acids is 1. The van der Waals surface area contributed by atoms with Gasteiger partial charge >= 0.3 is 5.97 Å². The maximum atomic E-state index is 12.5. The lowest BCUT2D eigenvalue weighted by Gasteiger charge is -1.98. The van der Waals surface area contributed by atoms with Gasteiger partial charge in [0.05, 0.1) is 0 Å². The van der Waals surface area contributed by atoms with Crippen molar-refractivity contribution in [3.8, 4) is 0 Å². The summed E-state index contributed by atoms with van der Waals surface area (Å²) in [6.45, 7) is 0. The quantitative estimate of drug-likeness (QED) is 0.538. The SMILES string of the molecule is N=C(Cc1ccnc(F)c1)C(=O)O. The zero-order valence-electron chi connectivity index (χ0n) is 6.62. The molecule has 0 amide bonds. The van der Waals surface area contributed by atoms with Crippen LogP contribution in [0.3, 0.4) is 0 Å². The molecule has 5 heteroatoms. The summed E-state index contributed by atoms with van der Waals surface area (Å²) in [7, 11) is 0. The van der Waals surface area contributed by atoms with Gasteiger partial charge in [-0.3, -0.25) is 5.41 Å². The highest BCUT2D eigenvalue weighted by atomic mass is 19.1. The molecule has 0 fully saturated rings. The Morgan fingerprint density at radius 2 is 2.38 bits per heavy atom. The van der Waals surface area contributed by atoms with Crippen molar-refractivity contribution in [2.45, 2.75) is 6.42 Å². The molecule has 0 saturated carbocycles. The topological polar surface area (TPSA) is 74.0 Å². The normalized spacial score (nSPS) is 9.62. The van der Waals surface area contributed by atoms with Crippen LogP contribution < -0.4 is 0 Å². The van der Waals surface area contributed by atoms with Gasteiger partial charge in [-0.2, -0.15) is 4.39 Å². The van der Waals surface area contributed by atoms with E-state index in [1.165, 1.54) is 12.3 Å². The molecular weight excluding hydrogens is 175 g/mol. The smallest absolute Gasteiger partial charge is 0.349 e. The first-order valence-corrected chi connectivity index (χ1v) is 3.50. The molecule has 1 heterocycles. The van der Waals surface area contributed by atoms with Crippen LogP contribution in [0.2, 0.25) is 0 Å². The predicted octanol–water partition coefficient (Wildman–Crippen LogP) is 0.868. The molecule has 13 heavy (non-hydrogen) atoms. The van der Waals surface area contributed by atoms with Gasteiger partial charge in [-0.05, 0) is 17.7 Å². The van der Waals surface area contributed by atoms with Crippen LogP contribution in [0.5, 0.6) is 0 Å². The number of pyridine rings is 1. The number of hydrogen-bond acceptors (Lipinski definition) is 3. The molecule has 0 aliphatic heterocycles. The maximum absolute atomic E-state index is 12.5. The summed E-state index contributed by atoms with van der Waals surface area (Å²) in [4.78, 5) is 13.6. The van der Waals surface area contributed by atoms with E-state index in [9.17, 15) is 9.18 Å². The Bertz CT molecular complexity index is 352. The minimum absolute atomic E-state index is 0.0885. The molecule has 0 atom stereocenters. The van der Waals surface area contributed by atoms with Crippen molar-refractivity contribution in [1.82, 2.24) is 4.98 Å². The first-order valence-electron chi connectivity index (χ1n) is 3.50. The van der Waals surface area contributed by atoms with Crippen LogP contribution in [-0.4, -0.2) is 21.8 Å². The van der Waals surface area contributed by atoms with E-state index in [0.717, 1.165) is 6.07 Å². The standard InChI is InChI=1S/C8H7FN2O2/c9-7-4-5(1-2-11-7)3-6(10)8(12)13/h1-2,4,10H,3H2,(H,12,13). The Kier molecular flexibility index (Phi) is 2.69. The summed E-state index contributed by atoms with van der Waals surface area (Å²) in [6.07, 6.45) is 1.15. The van der Waals surface area contributed by atoms with E-state index in [4.69, 9.17) is 10.5 Å². The Balaban J connectivity index is 2.75. The highest BCUT2D eigenvalue weighted by molar-refractivity contribution is 6.34. The number of nitrogens with zero attached hydrogens (tertiary/aromatic N) is 1. The van der Waals surface area contributed by atoms with Crippen LogP contribution in [0.1, 0.15) is 5.56 Å². The molecule has 0 aliphatic carbocycles.